The molecule has 0 fully saturated rings. The number of nitrogens with one attached hydrogen (secondary N) is 1. The molecule has 1 aliphatic heterocycles. The predicted molar refractivity (Wildman–Crippen MR) is 77.4 cm³/mol. The van der Waals surface area contributed by atoms with E-state index in [0.29, 0.717) is 5.69 Å². The van der Waals surface area contributed by atoms with Crippen LogP contribution in [0.25, 0.3) is 0 Å². The maximum Gasteiger partial charge on any atom is 0.342 e. The van der Waals surface area contributed by atoms with Gasteiger partial charge in [-0.3, -0.25) is 4.98 Å². The second-order valence-corrected chi connectivity index (χ2v) is 4.48. The number of amides is 2. The van der Waals surface area contributed by atoms with Crippen LogP contribution in [-0.2, 0) is 0 Å². The molecule has 1 aliphatic rings. The highest BCUT2D eigenvalue weighted by Gasteiger charge is 2.28. The number of nitrogens with zero attached hydrogens (tertiary/aromatic N) is 3. The van der Waals surface area contributed by atoms with Gasteiger partial charge in [-0.15, -0.1) is 0 Å². The normalized spacial score (nSPS) is 17.2. The Kier molecular flexibility index (Phi) is 3.41. The molecule has 1 N–H and O–H groups in total. The first-order chi connectivity index (χ1) is 9.84. The third-order valence-electron chi connectivity index (χ3n) is 3.14. The molecular formula is C15H14N4O. The maximum atomic E-state index is 12.3. The molecule has 100 valence electrons. The molecule has 3 rings (SSSR count). The number of aromatic nitrogens is 1. The van der Waals surface area contributed by atoms with Crippen LogP contribution in [0.3, 0.4) is 0 Å². The molecule has 2 heterocycles. The molecule has 1 atom stereocenters. The van der Waals surface area contributed by atoms with Gasteiger partial charge in [0, 0.05) is 18.8 Å². The Morgan fingerprint density at radius 1 is 1.20 bits per heavy atom. The Bertz CT molecular complexity index is 612. The van der Waals surface area contributed by atoms with E-state index in [9.17, 15) is 4.79 Å². The van der Waals surface area contributed by atoms with Crippen LogP contribution in [0.1, 0.15) is 18.0 Å². The summed E-state index contributed by atoms with van der Waals surface area (Å²) in [5.74, 6) is 0. The monoisotopic (exact) mass is 266 g/mol. The molecule has 0 bridgehead atoms. The molecule has 1 aromatic heterocycles. The van der Waals surface area contributed by atoms with E-state index >= 15 is 0 Å². The fourth-order valence-electron chi connectivity index (χ4n) is 2.18. The first-order valence-corrected chi connectivity index (χ1v) is 6.42. The van der Waals surface area contributed by atoms with Crippen LogP contribution >= 0.6 is 0 Å². The molecule has 0 radical (unpaired) electrons. The largest absolute Gasteiger partial charge is 0.342 e. The summed E-state index contributed by atoms with van der Waals surface area (Å²) in [5, 5.41) is 8.43. The van der Waals surface area contributed by atoms with Crippen LogP contribution in [0.15, 0.2) is 60.0 Å². The standard InChI is InChI=1S/C15H14N4O/c20-15(18-13-7-4-9-16-11-13)19-14(8-10-17-19)12-5-2-1-3-6-12/h1-7,9-11,14H,8H2,(H,18,20)/t14-/m1/s1. The molecule has 0 saturated heterocycles. The van der Waals surface area contributed by atoms with E-state index in [4.69, 9.17) is 0 Å². The van der Waals surface area contributed by atoms with E-state index in [0.717, 1.165) is 12.0 Å². The fraction of sp³-hybridized carbons (Fsp3) is 0.133. The zero-order valence-electron chi connectivity index (χ0n) is 10.8. The average Bonchev–Trinajstić information content (AvgIpc) is 2.99. The van der Waals surface area contributed by atoms with Crippen molar-refractivity contribution in [3.63, 3.8) is 0 Å². The Hall–Kier alpha value is -2.69. The highest BCUT2D eigenvalue weighted by molar-refractivity contribution is 5.90. The summed E-state index contributed by atoms with van der Waals surface area (Å²) in [6.45, 7) is 0. The van der Waals surface area contributed by atoms with Gasteiger partial charge in [0.1, 0.15) is 0 Å². The third-order valence-corrected chi connectivity index (χ3v) is 3.14. The molecule has 0 spiro atoms. The molecule has 0 aliphatic carbocycles. The predicted octanol–water partition coefficient (Wildman–Crippen LogP) is 3.05. The van der Waals surface area contributed by atoms with Gasteiger partial charge < -0.3 is 5.32 Å². The topological polar surface area (TPSA) is 57.6 Å². The second-order valence-electron chi connectivity index (χ2n) is 4.48. The van der Waals surface area contributed by atoms with Gasteiger partial charge >= 0.3 is 6.03 Å². The van der Waals surface area contributed by atoms with E-state index < -0.39 is 0 Å². The van der Waals surface area contributed by atoms with Crippen molar-refractivity contribution in [1.29, 1.82) is 0 Å². The van der Waals surface area contributed by atoms with Crippen molar-refractivity contribution in [2.45, 2.75) is 12.5 Å². The smallest absolute Gasteiger partial charge is 0.305 e. The number of hydrazone groups is 1. The van der Waals surface area contributed by atoms with Gasteiger partial charge in [0.05, 0.1) is 17.9 Å². The van der Waals surface area contributed by atoms with Crippen molar-refractivity contribution in [3.8, 4) is 0 Å². The van der Waals surface area contributed by atoms with Crippen LogP contribution in [0.5, 0.6) is 0 Å². The van der Waals surface area contributed by atoms with Gasteiger partial charge in [-0.05, 0) is 17.7 Å². The van der Waals surface area contributed by atoms with Gasteiger partial charge in [-0.1, -0.05) is 30.3 Å². The van der Waals surface area contributed by atoms with Crippen molar-refractivity contribution in [1.82, 2.24) is 9.99 Å². The molecule has 2 aromatic rings. The van der Waals surface area contributed by atoms with Crippen molar-refractivity contribution >= 4 is 17.9 Å². The van der Waals surface area contributed by atoms with Crippen molar-refractivity contribution < 1.29 is 4.79 Å². The summed E-state index contributed by atoms with van der Waals surface area (Å²) >= 11 is 0. The zero-order valence-corrected chi connectivity index (χ0v) is 10.8. The molecule has 2 amide bonds. The lowest BCUT2D eigenvalue weighted by atomic mass is 10.1. The van der Waals surface area contributed by atoms with Crippen molar-refractivity contribution in [2.75, 3.05) is 5.32 Å². The van der Waals surface area contributed by atoms with Crippen LogP contribution in [0.4, 0.5) is 10.5 Å². The summed E-state index contributed by atoms with van der Waals surface area (Å²) in [7, 11) is 0. The molecular weight excluding hydrogens is 252 g/mol. The molecule has 5 heteroatoms. The molecule has 20 heavy (non-hydrogen) atoms. The minimum Gasteiger partial charge on any atom is -0.305 e. The number of anilines is 1. The highest BCUT2D eigenvalue weighted by atomic mass is 16.2. The minimum atomic E-state index is -0.249. The number of pyridine rings is 1. The summed E-state index contributed by atoms with van der Waals surface area (Å²) in [6.07, 6.45) is 5.76. The Morgan fingerprint density at radius 2 is 2.05 bits per heavy atom. The second kappa shape index (κ2) is 5.52. The SMILES string of the molecule is O=C(Nc1cccnc1)N1N=CC[C@@H]1c1ccccc1. The van der Waals surface area contributed by atoms with Gasteiger partial charge in [-0.2, -0.15) is 5.10 Å². The summed E-state index contributed by atoms with van der Waals surface area (Å²) in [5.41, 5.74) is 1.73. The zero-order chi connectivity index (χ0) is 13.8. The molecule has 0 saturated carbocycles. The number of hydrogen-bond donors (Lipinski definition) is 1. The lowest BCUT2D eigenvalue weighted by Crippen LogP contribution is -2.31. The first-order valence-electron chi connectivity index (χ1n) is 6.42. The summed E-state index contributed by atoms with van der Waals surface area (Å²) in [6, 6.07) is 13.2. The Balaban J connectivity index is 1.75. The van der Waals surface area contributed by atoms with E-state index in [1.54, 1.807) is 30.7 Å². The molecule has 5 nitrogen and oxygen atoms in total. The van der Waals surface area contributed by atoms with E-state index in [1.807, 2.05) is 30.3 Å². The van der Waals surface area contributed by atoms with E-state index in [2.05, 4.69) is 15.4 Å². The lowest BCUT2D eigenvalue weighted by molar-refractivity contribution is 0.200. The Labute approximate surface area is 116 Å². The number of carbonyl (C=O) groups excluding carboxylic acids is 1. The van der Waals surface area contributed by atoms with E-state index in [1.165, 1.54) is 5.01 Å². The fourth-order valence-corrected chi connectivity index (χ4v) is 2.18. The quantitative estimate of drug-likeness (QED) is 0.908. The lowest BCUT2D eigenvalue weighted by Gasteiger charge is -2.22. The highest BCUT2D eigenvalue weighted by Crippen LogP contribution is 2.28. The average molecular weight is 266 g/mol. The van der Waals surface area contributed by atoms with Crippen LogP contribution in [0.2, 0.25) is 0 Å². The van der Waals surface area contributed by atoms with Crippen LogP contribution < -0.4 is 5.32 Å². The number of carbonyl (C=O) groups is 1. The van der Waals surface area contributed by atoms with Gasteiger partial charge in [-0.25, -0.2) is 9.80 Å². The summed E-state index contributed by atoms with van der Waals surface area (Å²) in [4.78, 5) is 16.2. The number of hydrogen-bond acceptors (Lipinski definition) is 3. The first kappa shape index (κ1) is 12.3. The van der Waals surface area contributed by atoms with Crippen molar-refractivity contribution in [2.24, 2.45) is 5.10 Å². The van der Waals surface area contributed by atoms with Gasteiger partial charge in [0.25, 0.3) is 0 Å². The Morgan fingerprint density at radius 3 is 2.80 bits per heavy atom. The summed E-state index contributed by atoms with van der Waals surface area (Å²) < 4.78 is 0. The molecule has 0 unspecified atom stereocenters. The maximum absolute atomic E-state index is 12.3. The van der Waals surface area contributed by atoms with Crippen molar-refractivity contribution in [3.05, 3.63) is 60.4 Å². The van der Waals surface area contributed by atoms with Crippen LogP contribution in [0, 0.1) is 0 Å². The van der Waals surface area contributed by atoms with Gasteiger partial charge in [0.15, 0.2) is 0 Å². The van der Waals surface area contributed by atoms with E-state index in [-0.39, 0.29) is 12.1 Å². The van der Waals surface area contributed by atoms with Gasteiger partial charge in [0.2, 0.25) is 0 Å². The minimum absolute atomic E-state index is 0.0483. The number of rotatable bonds is 2. The number of benzene rings is 1. The number of urea groups is 1. The third kappa shape index (κ3) is 2.51. The molecule has 1 aromatic carbocycles. The van der Waals surface area contributed by atoms with Crippen LogP contribution in [-0.4, -0.2) is 22.2 Å².